The van der Waals surface area contributed by atoms with Crippen molar-refractivity contribution in [1.82, 2.24) is 9.47 Å². The van der Waals surface area contributed by atoms with Gasteiger partial charge in [-0.3, -0.25) is 9.59 Å². The van der Waals surface area contributed by atoms with E-state index in [4.69, 9.17) is 4.74 Å². The molecule has 1 aliphatic heterocycles. The number of esters is 1. The third kappa shape index (κ3) is 7.42. The van der Waals surface area contributed by atoms with Gasteiger partial charge >= 0.3 is 18.3 Å². The lowest BCUT2D eigenvalue weighted by Gasteiger charge is -2.53. The third-order valence-electron chi connectivity index (χ3n) is 8.59. The molecule has 1 amide bonds. The van der Waals surface area contributed by atoms with Crippen LogP contribution in [-0.4, -0.2) is 64.1 Å². The van der Waals surface area contributed by atoms with Gasteiger partial charge in [0, 0.05) is 36.3 Å². The highest BCUT2D eigenvalue weighted by molar-refractivity contribution is 5.96. The van der Waals surface area contributed by atoms with Crippen LogP contribution in [-0.2, 0) is 16.1 Å². The Morgan fingerprint density at radius 2 is 1.60 bits per heavy atom. The molecule has 2 aliphatic rings. The number of likely N-dealkylation sites (tertiary alicyclic amines) is 1. The molecule has 0 bridgehead atoms. The van der Waals surface area contributed by atoms with Gasteiger partial charge in [0.1, 0.15) is 0 Å². The summed E-state index contributed by atoms with van der Waals surface area (Å²) in [7, 11) is 0. The maximum absolute atomic E-state index is 13.3. The fraction of sp³-hybridized carbons (Fsp3) is 0.567. The van der Waals surface area contributed by atoms with Crippen molar-refractivity contribution in [2.75, 3.05) is 19.7 Å². The molecule has 1 spiro atoms. The molecule has 1 aliphatic carbocycles. The number of piperidine rings is 1. The maximum Gasteiger partial charge on any atom is 0.389 e. The first-order valence-corrected chi connectivity index (χ1v) is 14.2. The molecule has 7 nitrogen and oxygen atoms in total. The summed E-state index contributed by atoms with van der Waals surface area (Å²) < 4.78 is 85.2. The maximum atomic E-state index is 13.3. The summed E-state index contributed by atoms with van der Waals surface area (Å²) >= 11 is 0. The highest BCUT2D eigenvalue weighted by atomic mass is 19.4. The van der Waals surface area contributed by atoms with Gasteiger partial charge in [0.25, 0.3) is 5.56 Å². The predicted molar refractivity (Wildman–Crippen MR) is 144 cm³/mol. The minimum atomic E-state index is -4.98. The lowest BCUT2D eigenvalue weighted by Crippen LogP contribution is -2.62. The van der Waals surface area contributed by atoms with Crippen LogP contribution < -0.4 is 5.56 Å². The van der Waals surface area contributed by atoms with E-state index >= 15 is 0 Å². The second-order valence-corrected chi connectivity index (χ2v) is 11.5. The summed E-state index contributed by atoms with van der Waals surface area (Å²) in [4.78, 5) is 40.3. The van der Waals surface area contributed by atoms with Crippen LogP contribution in [0, 0.1) is 11.3 Å². The largest absolute Gasteiger partial charge is 0.462 e. The topological polar surface area (TPSA) is 88.8 Å². The number of alkyl halides is 6. The first kappa shape index (κ1) is 32.6. The molecule has 2 aromatic rings. The molecule has 1 aromatic heterocycles. The summed E-state index contributed by atoms with van der Waals surface area (Å²) in [6.07, 6.45) is -10.7. The smallest absolute Gasteiger partial charge is 0.389 e. The fourth-order valence-electron chi connectivity index (χ4n) is 6.56. The lowest BCUT2D eigenvalue weighted by atomic mass is 9.65. The fourth-order valence-corrected chi connectivity index (χ4v) is 6.56. The van der Waals surface area contributed by atoms with Gasteiger partial charge < -0.3 is 19.3 Å². The Bertz CT molecular complexity index is 1350. The van der Waals surface area contributed by atoms with Crippen molar-refractivity contribution in [2.24, 2.45) is 11.3 Å². The van der Waals surface area contributed by atoms with Crippen molar-refractivity contribution in [1.29, 1.82) is 0 Å². The van der Waals surface area contributed by atoms with E-state index in [-0.39, 0.29) is 38.2 Å². The number of nitrogens with zero attached hydrogens (tertiary/aromatic N) is 2. The van der Waals surface area contributed by atoms with Gasteiger partial charge in [0.05, 0.1) is 43.1 Å². The molecule has 43 heavy (non-hydrogen) atoms. The average Bonchev–Trinajstić information content (AvgIpc) is 3.39. The number of halogens is 6. The molecule has 236 valence electrons. The molecule has 0 radical (unpaired) electrons. The van der Waals surface area contributed by atoms with E-state index in [1.165, 1.54) is 16.8 Å². The predicted octanol–water partition coefficient (Wildman–Crippen LogP) is 5.74. The van der Waals surface area contributed by atoms with Crippen molar-refractivity contribution in [3.8, 4) is 11.1 Å². The Labute approximate surface area is 244 Å². The van der Waals surface area contributed by atoms with Crippen LogP contribution in [0.1, 0.15) is 62.2 Å². The zero-order valence-corrected chi connectivity index (χ0v) is 23.6. The zero-order valence-electron chi connectivity index (χ0n) is 23.6. The molecule has 2 fully saturated rings. The Balaban J connectivity index is 1.66. The van der Waals surface area contributed by atoms with E-state index in [2.05, 4.69) is 0 Å². The number of hydrogen-bond donors (Lipinski definition) is 1. The summed E-state index contributed by atoms with van der Waals surface area (Å²) in [5.41, 5.74) is -2.20. The first-order valence-electron chi connectivity index (χ1n) is 14.2. The number of carbonyl (C=O) groups excluding carboxylic acids is 2. The molecule has 1 N–H and O–H groups in total. The highest BCUT2D eigenvalue weighted by Gasteiger charge is 2.56. The highest BCUT2D eigenvalue weighted by Crippen LogP contribution is 2.52. The van der Waals surface area contributed by atoms with Gasteiger partial charge in [-0.1, -0.05) is 43.2 Å². The quantitative estimate of drug-likeness (QED) is 0.302. The van der Waals surface area contributed by atoms with Gasteiger partial charge in [-0.15, -0.1) is 0 Å². The molecule has 13 heteroatoms. The molecule has 4 rings (SSSR count). The van der Waals surface area contributed by atoms with Crippen LogP contribution in [0.3, 0.4) is 0 Å². The zero-order chi connectivity index (χ0) is 31.6. The number of carbonyl (C=O) groups is 2. The number of aliphatic hydroxyl groups is 1. The SMILES string of the molecule is CCOC(=O)c1cn(C[C@]2(O)CCN(C(=O)C(CC(F)(F)F)CC(F)(F)F)CC23CCCC3)c(=O)cc1-c1ccccc1. The standard InChI is InChI=1S/C30H34F6N2O5/c1-2-43-26(41)23-17-38(24(39)14-22(23)20-8-4-3-5-9-20)19-28(42)12-13-37(18-27(28)10-6-7-11-27)25(40)21(15-29(31,32)33)16-30(34,35)36/h3-5,8-9,14,17,21,42H,2,6-7,10-13,15-16,18-19H2,1H3/t28-/m1/s1. The third-order valence-corrected chi connectivity index (χ3v) is 8.59. The number of rotatable bonds is 8. The number of benzene rings is 1. The van der Waals surface area contributed by atoms with E-state index in [9.17, 15) is 45.8 Å². The Morgan fingerprint density at radius 1 is 1.00 bits per heavy atom. The van der Waals surface area contributed by atoms with E-state index in [1.807, 2.05) is 0 Å². The van der Waals surface area contributed by atoms with Crippen LogP contribution in [0.5, 0.6) is 0 Å². The summed E-state index contributed by atoms with van der Waals surface area (Å²) in [5, 5.41) is 12.1. The van der Waals surface area contributed by atoms with Gasteiger partial charge in [0.2, 0.25) is 5.91 Å². The minimum absolute atomic E-state index is 0.0762. The van der Waals surface area contributed by atoms with Crippen molar-refractivity contribution in [3.63, 3.8) is 0 Å². The molecule has 0 unspecified atom stereocenters. The van der Waals surface area contributed by atoms with Gasteiger partial charge in [-0.05, 0) is 31.7 Å². The second kappa shape index (κ2) is 12.3. The second-order valence-electron chi connectivity index (χ2n) is 11.5. The molecule has 2 heterocycles. The Kier molecular flexibility index (Phi) is 9.34. The van der Waals surface area contributed by atoms with Crippen molar-refractivity contribution < 1.29 is 45.8 Å². The van der Waals surface area contributed by atoms with Gasteiger partial charge in [-0.25, -0.2) is 4.79 Å². The summed E-state index contributed by atoms with van der Waals surface area (Å²) in [6.45, 7) is 0.892. The summed E-state index contributed by atoms with van der Waals surface area (Å²) in [5.74, 6) is -4.26. The number of amides is 1. The average molecular weight is 617 g/mol. The van der Waals surface area contributed by atoms with E-state index in [0.29, 0.717) is 36.8 Å². The molecule has 1 saturated carbocycles. The monoisotopic (exact) mass is 616 g/mol. The summed E-state index contributed by atoms with van der Waals surface area (Å²) in [6, 6.07) is 9.97. The number of pyridine rings is 1. The van der Waals surface area contributed by atoms with Crippen LogP contribution in [0.25, 0.3) is 11.1 Å². The van der Waals surface area contributed by atoms with Crippen LogP contribution in [0.4, 0.5) is 26.3 Å². The van der Waals surface area contributed by atoms with Crippen molar-refractivity contribution in [3.05, 3.63) is 58.5 Å². The Hall–Kier alpha value is -3.35. The van der Waals surface area contributed by atoms with E-state index in [0.717, 1.165) is 4.90 Å². The van der Waals surface area contributed by atoms with Crippen LogP contribution in [0.2, 0.25) is 0 Å². The van der Waals surface area contributed by atoms with E-state index in [1.54, 1.807) is 37.3 Å². The molecular weight excluding hydrogens is 582 g/mol. The van der Waals surface area contributed by atoms with Gasteiger partial charge in [-0.2, -0.15) is 26.3 Å². The molecule has 1 atom stereocenters. The number of ether oxygens (including phenoxy) is 1. The first-order chi connectivity index (χ1) is 20.1. The normalized spacial score (nSPS) is 20.5. The number of hydrogen-bond acceptors (Lipinski definition) is 5. The van der Waals surface area contributed by atoms with Crippen molar-refractivity contribution >= 4 is 11.9 Å². The van der Waals surface area contributed by atoms with Crippen LogP contribution >= 0.6 is 0 Å². The number of aromatic nitrogens is 1. The molecular formula is C30H34F6N2O5. The van der Waals surface area contributed by atoms with E-state index < -0.39 is 59.6 Å². The molecule has 1 aromatic carbocycles. The minimum Gasteiger partial charge on any atom is -0.462 e. The van der Waals surface area contributed by atoms with Crippen molar-refractivity contribution in [2.45, 2.75) is 76.4 Å². The lowest BCUT2D eigenvalue weighted by molar-refractivity contribution is -0.190. The van der Waals surface area contributed by atoms with Gasteiger partial charge in [0.15, 0.2) is 0 Å². The van der Waals surface area contributed by atoms with Crippen LogP contribution in [0.15, 0.2) is 47.4 Å². The Morgan fingerprint density at radius 3 is 2.16 bits per heavy atom. The molecule has 1 saturated heterocycles.